The molecule has 1 aliphatic rings. The number of aromatic nitrogens is 1. The summed E-state index contributed by atoms with van der Waals surface area (Å²) in [7, 11) is 0. The lowest BCUT2D eigenvalue weighted by Gasteiger charge is -2.15. The van der Waals surface area contributed by atoms with E-state index in [0.29, 0.717) is 18.8 Å². The van der Waals surface area contributed by atoms with Crippen LogP contribution in [0.1, 0.15) is 12.1 Å². The van der Waals surface area contributed by atoms with Gasteiger partial charge in [-0.15, -0.1) is 11.6 Å². The second-order valence-electron chi connectivity index (χ2n) is 3.54. The number of hydrogen-bond donors (Lipinski definition) is 0. The standard InChI is InChI=1S/C10H10ClIN2O/c1-6-8(12)2-3-9(13-6)14-5-7(11)4-10(14)15/h2-3,7H,4-5H2,1H3. The first-order valence-corrected chi connectivity index (χ1v) is 6.17. The van der Waals surface area contributed by atoms with Gasteiger partial charge in [0.25, 0.3) is 0 Å². The summed E-state index contributed by atoms with van der Waals surface area (Å²) in [6.07, 6.45) is 0.411. The Bertz CT molecular complexity index is 410. The van der Waals surface area contributed by atoms with Gasteiger partial charge < -0.3 is 0 Å². The molecule has 0 N–H and O–H groups in total. The molecule has 5 heteroatoms. The lowest BCUT2D eigenvalue weighted by molar-refractivity contribution is -0.117. The summed E-state index contributed by atoms with van der Waals surface area (Å²) in [5.41, 5.74) is 0.943. The Labute approximate surface area is 107 Å². The topological polar surface area (TPSA) is 33.2 Å². The van der Waals surface area contributed by atoms with Gasteiger partial charge in [-0.1, -0.05) is 0 Å². The Balaban J connectivity index is 2.30. The fourth-order valence-corrected chi connectivity index (χ4v) is 2.14. The van der Waals surface area contributed by atoms with Crippen LogP contribution < -0.4 is 4.90 Å². The largest absolute Gasteiger partial charge is 0.295 e. The molecule has 15 heavy (non-hydrogen) atoms. The van der Waals surface area contributed by atoms with Crippen molar-refractivity contribution in [1.29, 1.82) is 0 Å². The molecule has 1 unspecified atom stereocenters. The van der Waals surface area contributed by atoms with Crippen molar-refractivity contribution in [2.75, 3.05) is 11.4 Å². The van der Waals surface area contributed by atoms with Gasteiger partial charge in [-0.3, -0.25) is 9.69 Å². The van der Waals surface area contributed by atoms with Crippen molar-refractivity contribution in [2.24, 2.45) is 0 Å². The molecule has 0 aromatic carbocycles. The van der Waals surface area contributed by atoms with Crippen LogP contribution in [0.5, 0.6) is 0 Å². The molecule has 1 amide bonds. The van der Waals surface area contributed by atoms with Gasteiger partial charge in [0.15, 0.2) is 0 Å². The molecule has 0 spiro atoms. The van der Waals surface area contributed by atoms with Gasteiger partial charge >= 0.3 is 0 Å². The van der Waals surface area contributed by atoms with E-state index in [1.807, 2.05) is 19.1 Å². The van der Waals surface area contributed by atoms with Crippen LogP contribution in [0.25, 0.3) is 0 Å². The Kier molecular flexibility index (Phi) is 3.16. The van der Waals surface area contributed by atoms with E-state index in [2.05, 4.69) is 27.6 Å². The summed E-state index contributed by atoms with van der Waals surface area (Å²) in [6, 6.07) is 3.83. The fourth-order valence-electron chi connectivity index (χ4n) is 1.57. The van der Waals surface area contributed by atoms with Crippen molar-refractivity contribution in [3.8, 4) is 0 Å². The third kappa shape index (κ3) is 2.25. The number of carbonyl (C=O) groups is 1. The molecule has 2 heterocycles. The van der Waals surface area contributed by atoms with E-state index >= 15 is 0 Å². The maximum Gasteiger partial charge on any atom is 0.229 e. The molecule has 3 nitrogen and oxygen atoms in total. The third-order valence-electron chi connectivity index (χ3n) is 2.36. The molecule has 1 aromatic heterocycles. The molecule has 0 saturated carbocycles. The molecule has 2 rings (SSSR count). The number of rotatable bonds is 1. The van der Waals surface area contributed by atoms with Crippen molar-refractivity contribution in [2.45, 2.75) is 18.7 Å². The average molecular weight is 337 g/mol. The van der Waals surface area contributed by atoms with Crippen molar-refractivity contribution < 1.29 is 4.79 Å². The van der Waals surface area contributed by atoms with E-state index in [1.165, 1.54) is 0 Å². The second-order valence-corrected chi connectivity index (χ2v) is 5.32. The Morgan fingerprint density at radius 2 is 2.33 bits per heavy atom. The summed E-state index contributed by atoms with van der Waals surface area (Å²) >= 11 is 8.15. The number of pyridine rings is 1. The van der Waals surface area contributed by atoms with Crippen LogP contribution in [0.4, 0.5) is 5.82 Å². The van der Waals surface area contributed by atoms with Crippen LogP contribution in [-0.2, 0) is 4.79 Å². The SMILES string of the molecule is Cc1nc(N2CC(Cl)CC2=O)ccc1I. The monoisotopic (exact) mass is 336 g/mol. The molecule has 80 valence electrons. The van der Waals surface area contributed by atoms with Crippen LogP contribution in [0.3, 0.4) is 0 Å². The molecule has 1 aromatic rings. The summed E-state index contributed by atoms with van der Waals surface area (Å²) in [4.78, 5) is 17.6. The minimum absolute atomic E-state index is 0.0584. The summed E-state index contributed by atoms with van der Waals surface area (Å²) in [6.45, 7) is 2.50. The highest BCUT2D eigenvalue weighted by molar-refractivity contribution is 14.1. The summed E-state index contributed by atoms with van der Waals surface area (Å²) in [5.74, 6) is 0.768. The Hall–Kier alpha value is -0.360. The molecule has 0 bridgehead atoms. The number of halogens is 2. The van der Waals surface area contributed by atoms with E-state index < -0.39 is 0 Å². The van der Waals surface area contributed by atoms with E-state index in [4.69, 9.17) is 11.6 Å². The fraction of sp³-hybridized carbons (Fsp3) is 0.400. The van der Waals surface area contributed by atoms with Gasteiger partial charge in [-0.25, -0.2) is 4.98 Å². The van der Waals surface area contributed by atoms with Crippen LogP contribution in [-0.4, -0.2) is 22.8 Å². The van der Waals surface area contributed by atoms with Crippen LogP contribution >= 0.6 is 34.2 Å². The zero-order chi connectivity index (χ0) is 11.0. The second kappa shape index (κ2) is 4.25. The Morgan fingerprint density at radius 1 is 1.60 bits per heavy atom. The number of hydrogen-bond acceptors (Lipinski definition) is 2. The van der Waals surface area contributed by atoms with Crippen molar-refractivity contribution in [3.05, 3.63) is 21.4 Å². The van der Waals surface area contributed by atoms with Gasteiger partial charge in [0, 0.05) is 16.5 Å². The van der Waals surface area contributed by atoms with Gasteiger partial charge in [0.2, 0.25) is 5.91 Å². The van der Waals surface area contributed by atoms with Gasteiger partial charge in [0.05, 0.1) is 11.1 Å². The van der Waals surface area contributed by atoms with Crippen molar-refractivity contribution in [1.82, 2.24) is 4.98 Å². The number of amides is 1. The van der Waals surface area contributed by atoms with E-state index in [9.17, 15) is 4.79 Å². The number of anilines is 1. The lowest BCUT2D eigenvalue weighted by atomic mass is 10.3. The van der Waals surface area contributed by atoms with Crippen LogP contribution in [0.15, 0.2) is 12.1 Å². The highest BCUT2D eigenvalue weighted by Gasteiger charge is 2.29. The molecule has 0 aliphatic carbocycles. The molecular weight excluding hydrogens is 326 g/mol. The van der Waals surface area contributed by atoms with Gasteiger partial charge in [0.1, 0.15) is 5.82 Å². The third-order valence-corrected chi connectivity index (χ3v) is 3.79. The number of nitrogens with zero attached hydrogens (tertiary/aromatic N) is 2. The minimum Gasteiger partial charge on any atom is -0.295 e. The minimum atomic E-state index is -0.0844. The number of alkyl halides is 1. The van der Waals surface area contributed by atoms with E-state index in [-0.39, 0.29) is 11.3 Å². The quantitative estimate of drug-likeness (QED) is 0.582. The molecule has 1 aliphatic heterocycles. The molecule has 1 fully saturated rings. The maximum atomic E-state index is 11.6. The zero-order valence-electron chi connectivity index (χ0n) is 8.20. The van der Waals surface area contributed by atoms with Crippen molar-refractivity contribution in [3.63, 3.8) is 0 Å². The predicted octanol–water partition coefficient (Wildman–Crippen LogP) is 2.34. The first-order valence-electron chi connectivity index (χ1n) is 4.65. The number of carbonyl (C=O) groups excluding carboxylic acids is 1. The number of aryl methyl sites for hydroxylation is 1. The molecule has 1 atom stereocenters. The Morgan fingerprint density at radius 3 is 2.87 bits per heavy atom. The first kappa shape index (κ1) is 11.1. The molecular formula is C10H10ClIN2O. The van der Waals surface area contributed by atoms with Gasteiger partial charge in [-0.2, -0.15) is 0 Å². The van der Waals surface area contributed by atoms with Crippen LogP contribution in [0.2, 0.25) is 0 Å². The summed E-state index contributed by atoms with van der Waals surface area (Å²) < 4.78 is 1.10. The zero-order valence-corrected chi connectivity index (χ0v) is 11.1. The van der Waals surface area contributed by atoms with Gasteiger partial charge in [-0.05, 0) is 41.6 Å². The summed E-state index contributed by atoms with van der Waals surface area (Å²) in [5, 5.41) is -0.0844. The highest BCUT2D eigenvalue weighted by atomic mass is 127. The normalized spacial score (nSPS) is 21.1. The maximum absolute atomic E-state index is 11.6. The smallest absolute Gasteiger partial charge is 0.229 e. The average Bonchev–Trinajstić information content (AvgIpc) is 2.50. The predicted molar refractivity (Wildman–Crippen MR) is 68.3 cm³/mol. The first-order chi connectivity index (χ1) is 7.08. The highest BCUT2D eigenvalue weighted by Crippen LogP contribution is 2.23. The van der Waals surface area contributed by atoms with Crippen molar-refractivity contribution >= 4 is 45.9 Å². The molecule has 1 saturated heterocycles. The van der Waals surface area contributed by atoms with Crippen LogP contribution in [0, 0.1) is 10.5 Å². The molecule has 0 radical (unpaired) electrons. The van der Waals surface area contributed by atoms with E-state index in [0.717, 1.165) is 9.26 Å². The van der Waals surface area contributed by atoms with E-state index in [1.54, 1.807) is 4.90 Å². The lowest BCUT2D eigenvalue weighted by Crippen LogP contribution is -2.25.